The van der Waals surface area contributed by atoms with Gasteiger partial charge >= 0.3 is 0 Å². The molecule has 0 saturated heterocycles. The molecule has 0 spiro atoms. The summed E-state index contributed by atoms with van der Waals surface area (Å²) in [5.41, 5.74) is 0. The van der Waals surface area contributed by atoms with E-state index in [9.17, 15) is 4.79 Å². The molecule has 0 bridgehead atoms. The Labute approximate surface area is 61.8 Å². The molecule has 1 unspecified atom stereocenters. The minimum atomic E-state index is -0.122. The van der Waals surface area contributed by atoms with Crippen molar-refractivity contribution in [2.75, 3.05) is 7.05 Å². The van der Waals surface area contributed by atoms with Crippen molar-refractivity contribution in [3.05, 3.63) is 25.4 Å². The van der Waals surface area contributed by atoms with Crippen LogP contribution in [0.5, 0.6) is 0 Å². The normalized spacial score (nSPS) is 11.8. The lowest BCUT2D eigenvalue weighted by Crippen LogP contribution is -2.25. The predicted molar refractivity (Wildman–Crippen MR) is 42.3 cm³/mol. The number of carbonyl (C=O) groups excluding carboxylic acids is 1. The average Bonchev–Trinajstić information content (AvgIpc) is 2.00. The van der Waals surface area contributed by atoms with E-state index >= 15 is 0 Å². The summed E-state index contributed by atoms with van der Waals surface area (Å²) >= 11 is 0. The molecule has 0 radical (unpaired) electrons. The van der Waals surface area contributed by atoms with Gasteiger partial charge in [0.1, 0.15) is 0 Å². The molecule has 0 aliphatic heterocycles. The van der Waals surface area contributed by atoms with Crippen LogP contribution in [0.4, 0.5) is 0 Å². The van der Waals surface area contributed by atoms with Crippen LogP contribution in [-0.4, -0.2) is 17.9 Å². The van der Waals surface area contributed by atoms with Crippen molar-refractivity contribution < 1.29 is 4.79 Å². The molecule has 0 aromatic carbocycles. The fourth-order valence-electron chi connectivity index (χ4n) is 0.512. The van der Waals surface area contributed by atoms with Gasteiger partial charge in [-0.2, -0.15) is 0 Å². The van der Waals surface area contributed by atoms with Gasteiger partial charge < -0.3 is 4.90 Å². The molecular formula is C8H13NO. The van der Waals surface area contributed by atoms with Gasteiger partial charge in [-0.05, 0) is 6.20 Å². The molecule has 0 heterocycles. The zero-order chi connectivity index (χ0) is 8.15. The van der Waals surface area contributed by atoms with E-state index in [0.29, 0.717) is 0 Å². The Balaban J connectivity index is 4.06. The number of carbonyl (C=O) groups is 1. The highest BCUT2D eigenvalue weighted by Crippen LogP contribution is 2.00. The summed E-state index contributed by atoms with van der Waals surface area (Å²) in [7, 11) is 1.68. The van der Waals surface area contributed by atoms with Gasteiger partial charge in [-0.25, -0.2) is 0 Å². The van der Waals surface area contributed by atoms with E-state index in [1.54, 1.807) is 20.0 Å². The molecular weight excluding hydrogens is 126 g/mol. The average molecular weight is 139 g/mol. The molecule has 0 N–H and O–H groups in total. The molecule has 0 saturated carbocycles. The second-order valence-electron chi connectivity index (χ2n) is 2.16. The molecule has 2 nitrogen and oxygen atoms in total. The smallest absolute Gasteiger partial charge is 0.232 e. The van der Waals surface area contributed by atoms with Crippen LogP contribution in [0.3, 0.4) is 0 Å². The lowest BCUT2D eigenvalue weighted by atomic mass is 10.1. The van der Waals surface area contributed by atoms with Crippen LogP contribution in [-0.2, 0) is 4.79 Å². The van der Waals surface area contributed by atoms with Gasteiger partial charge in [0, 0.05) is 7.05 Å². The van der Waals surface area contributed by atoms with Gasteiger partial charge in [-0.1, -0.05) is 19.6 Å². The van der Waals surface area contributed by atoms with Crippen LogP contribution in [0.15, 0.2) is 25.4 Å². The second-order valence-corrected chi connectivity index (χ2v) is 2.16. The van der Waals surface area contributed by atoms with Crippen molar-refractivity contribution in [1.29, 1.82) is 0 Å². The predicted octanol–water partition coefficient (Wildman–Crippen LogP) is 1.41. The number of nitrogens with zero attached hydrogens (tertiary/aromatic N) is 1. The first-order valence-corrected chi connectivity index (χ1v) is 3.15. The maximum atomic E-state index is 11.1. The van der Waals surface area contributed by atoms with Crippen molar-refractivity contribution in [2.24, 2.45) is 5.92 Å². The third kappa shape index (κ3) is 2.05. The van der Waals surface area contributed by atoms with E-state index < -0.39 is 0 Å². The summed E-state index contributed by atoms with van der Waals surface area (Å²) in [6.45, 7) is 8.79. The standard InChI is InChI=1S/C8H13NO/c1-5-7(3)8(10)9(4)6-2/h5-7H,1-2H2,3-4H3. The Hall–Kier alpha value is -1.05. The highest BCUT2D eigenvalue weighted by Gasteiger charge is 2.10. The minimum Gasteiger partial charge on any atom is -0.322 e. The van der Waals surface area contributed by atoms with Gasteiger partial charge in [0.2, 0.25) is 5.91 Å². The molecule has 1 amide bonds. The Kier molecular flexibility index (Phi) is 3.47. The van der Waals surface area contributed by atoms with Crippen LogP contribution >= 0.6 is 0 Å². The molecule has 56 valence electrons. The summed E-state index contributed by atoms with van der Waals surface area (Å²) in [5.74, 6) is -0.104. The van der Waals surface area contributed by atoms with Crippen LogP contribution in [0, 0.1) is 5.92 Å². The number of hydrogen-bond donors (Lipinski definition) is 0. The van der Waals surface area contributed by atoms with Gasteiger partial charge in [0.15, 0.2) is 0 Å². The van der Waals surface area contributed by atoms with Crippen molar-refractivity contribution in [3.8, 4) is 0 Å². The van der Waals surface area contributed by atoms with Gasteiger partial charge in [0.25, 0.3) is 0 Å². The Morgan fingerprint density at radius 3 is 2.40 bits per heavy atom. The third-order valence-corrected chi connectivity index (χ3v) is 1.36. The van der Waals surface area contributed by atoms with Crippen LogP contribution in [0.25, 0.3) is 0 Å². The van der Waals surface area contributed by atoms with E-state index in [1.807, 2.05) is 0 Å². The first-order valence-electron chi connectivity index (χ1n) is 3.15. The summed E-state index contributed by atoms with van der Waals surface area (Å²) < 4.78 is 0. The lowest BCUT2D eigenvalue weighted by molar-refractivity contribution is -0.129. The number of amides is 1. The van der Waals surface area contributed by atoms with Crippen LogP contribution < -0.4 is 0 Å². The molecule has 0 aromatic rings. The van der Waals surface area contributed by atoms with Crippen LogP contribution in [0.1, 0.15) is 6.92 Å². The summed E-state index contributed by atoms with van der Waals surface area (Å²) in [6, 6.07) is 0. The fraction of sp³-hybridized carbons (Fsp3) is 0.375. The third-order valence-electron chi connectivity index (χ3n) is 1.36. The molecule has 0 fully saturated rings. The Morgan fingerprint density at radius 1 is 1.60 bits per heavy atom. The highest BCUT2D eigenvalue weighted by atomic mass is 16.2. The van der Waals surface area contributed by atoms with Gasteiger partial charge in [-0.3, -0.25) is 4.79 Å². The molecule has 2 heteroatoms. The van der Waals surface area contributed by atoms with E-state index in [4.69, 9.17) is 0 Å². The van der Waals surface area contributed by atoms with E-state index in [1.165, 1.54) is 11.1 Å². The topological polar surface area (TPSA) is 20.3 Å². The van der Waals surface area contributed by atoms with Gasteiger partial charge in [0.05, 0.1) is 5.92 Å². The van der Waals surface area contributed by atoms with E-state index in [-0.39, 0.29) is 11.8 Å². The fourth-order valence-corrected chi connectivity index (χ4v) is 0.512. The summed E-state index contributed by atoms with van der Waals surface area (Å²) in [6.07, 6.45) is 3.10. The van der Waals surface area contributed by atoms with Crippen molar-refractivity contribution in [3.63, 3.8) is 0 Å². The first kappa shape index (κ1) is 8.95. The summed E-state index contributed by atoms with van der Waals surface area (Å²) in [5, 5.41) is 0. The zero-order valence-electron chi connectivity index (χ0n) is 6.50. The molecule has 0 aliphatic carbocycles. The quantitative estimate of drug-likeness (QED) is 0.541. The monoisotopic (exact) mass is 139 g/mol. The van der Waals surface area contributed by atoms with Crippen molar-refractivity contribution >= 4 is 5.91 Å². The molecule has 0 aromatic heterocycles. The Morgan fingerprint density at radius 2 is 2.10 bits per heavy atom. The lowest BCUT2D eigenvalue weighted by Gasteiger charge is -2.13. The number of hydrogen-bond acceptors (Lipinski definition) is 1. The first-order chi connectivity index (χ1) is 4.63. The molecule has 10 heavy (non-hydrogen) atoms. The minimum absolute atomic E-state index is 0.0185. The van der Waals surface area contributed by atoms with Crippen molar-refractivity contribution in [2.45, 2.75) is 6.92 Å². The summed E-state index contributed by atoms with van der Waals surface area (Å²) in [4.78, 5) is 12.5. The zero-order valence-corrected chi connectivity index (χ0v) is 6.50. The van der Waals surface area contributed by atoms with E-state index in [0.717, 1.165) is 0 Å². The van der Waals surface area contributed by atoms with Crippen molar-refractivity contribution in [1.82, 2.24) is 4.90 Å². The Bertz CT molecular complexity index is 135. The largest absolute Gasteiger partial charge is 0.322 e. The molecule has 0 rings (SSSR count). The van der Waals surface area contributed by atoms with Crippen LogP contribution in [0.2, 0.25) is 0 Å². The maximum absolute atomic E-state index is 11.1. The van der Waals surface area contributed by atoms with Gasteiger partial charge in [-0.15, -0.1) is 6.58 Å². The molecule has 0 aliphatic rings. The number of rotatable bonds is 3. The second kappa shape index (κ2) is 3.88. The SMILES string of the molecule is C=CC(C)C(=O)N(C)C=C. The highest BCUT2D eigenvalue weighted by molar-refractivity contribution is 5.80. The maximum Gasteiger partial charge on any atom is 0.232 e. The van der Waals surface area contributed by atoms with E-state index in [2.05, 4.69) is 13.2 Å². The molecule has 1 atom stereocenters.